The van der Waals surface area contributed by atoms with E-state index in [-0.39, 0.29) is 11.8 Å². The van der Waals surface area contributed by atoms with Crippen molar-refractivity contribution in [3.8, 4) is 5.75 Å². The van der Waals surface area contributed by atoms with Crippen LogP contribution in [-0.2, 0) is 4.79 Å². The first-order valence-corrected chi connectivity index (χ1v) is 7.33. The molecule has 0 spiro atoms. The van der Waals surface area contributed by atoms with E-state index in [0.717, 1.165) is 37.3 Å². The van der Waals surface area contributed by atoms with Crippen LogP contribution in [0, 0.1) is 5.92 Å². The molecule has 1 aromatic rings. The third-order valence-electron chi connectivity index (χ3n) is 3.34. The van der Waals surface area contributed by atoms with Gasteiger partial charge < -0.3 is 10.1 Å². The fraction of sp³-hybridized carbons (Fsp3) is 0.562. The highest BCUT2D eigenvalue weighted by Crippen LogP contribution is 2.30. The number of carbonyl (C=O) groups is 1. The van der Waals surface area contributed by atoms with Crippen molar-refractivity contribution in [1.82, 2.24) is 0 Å². The molecule has 104 valence electrons. The van der Waals surface area contributed by atoms with Gasteiger partial charge >= 0.3 is 0 Å². The number of hydrogen-bond acceptors (Lipinski definition) is 2. The number of hydrogen-bond donors (Lipinski definition) is 1. The van der Waals surface area contributed by atoms with Crippen molar-refractivity contribution >= 4 is 11.6 Å². The Morgan fingerprint density at radius 3 is 2.58 bits per heavy atom. The minimum absolute atomic E-state index is 0.147. The van der Waals surface area contributed by atoms with Crippen molar-refractivity contribution in [3.05, 3.63) is 24.3 Å². The van der Waals surface area contributed by atoms with Gasteiger partial charge in [-0.25, -0.2) is 0 Å². The van der Waals surface area contributed by atoms with Crippen LogP contribution in [-0.4, -0.2) is 12.5 Å². The van der Waals surface area contributed by atoms with Crippen LogP contribution in [0.3, 0.4) is 0 Å². The quantitative estimate of drug-likeness (QED) is 0.718. The van der Waals surface area contributed by atoms with Gasteiger partial charge in [0.2, 0.25) is 5.91 Å². The van der Waals surface area contributed by atoms with E-state index in [2.05, 4.69) is 12.2 Å². The predicted octanol–water partition coefficient (Wildman–Crippen LogP) is 3.99. The number of anilines is 1. The van der Waals surface area contributed by atoms with Gasteiger partial charge in [-0.3, -0.25) is 4.79 Å². The summed E-state index contributed by atoms with van der Waals surface area (Å²) in [6.45, 7) is 2.98. The van der Waals surface area contributed by atoms with E-state index in [1.54, 1.807) is 0 Å². The monoisotopic (exact) mass is 261 g/mol. The van der Waals surface area contributed by atoms with Crippen molar-refractivity contribution in [2.75, 3.05) is 11.9 Å². The molecule has 0 aliphatic heterocycles. The van der Waals surface area contributed by atoms with E-state index in [1.807, 2.05) is 24.3 Å². The Hall–Kier alpha value is -1.51. The molecule has 0 heterocycles. The SMILES string of the molecule is CCCCCCOc1ccc(NC(=O)C2CC2)cc1. The molecule has 2 rings (SSSR count). The van der Waals surface area contributed by atoms with Crippen molar-refractivity contribution < 1.29 is 9.53 Å². The molecule has 1 saturated carbocycles. The third kappa shape index (κ3) is 4.93. The molecule has 0 unspecified atom stereocenters. The largest absolute Gasteiger partial charge is 0.494 e. The van der Waals surface area contributed by atoms with Gasteiger partial charge in [-0.1, -0.05) is 26.2 Å². The van der Waals surface area contributed by atoms with Gasteiger partial charge in [0.25, 0.3) is 0 Å². The molecule has 1 aliphatic rings. The number of benzene rings is 1. The second-order valence-electron chi connectivity index (χ2n) is 5.20. The average Bonchev–Trinajstić information content (AvgIpc) is 3.25. The molecule has 1 aromatic carbocycles. The van der Waals surface area contributed by atoms with Gasteiger partial charge in [0.15, 0.2) is 0 Å². The van der Waals surface area contributed by atoms with E-state index in [9.17, 15) is 4.79 Å². The first-order chi connectivity index (χ1) is 9.29. The summed E-state index contributed by atoms with van der Waals surface area (Å²) >= 11 is 0. The summed E-state index contributed by atoms with van der Waals surface area (Å²) in [5, 5.41) is 2.92. The highest BCUT2D eigenvalue weighted by Gasteiger charge is 2.29. The van der Waals surface area contributed by atoms with Crippen LogP contribution in [0.2, 0.25) is 0 Å². The highest BCUT2D eigenvalue weighted by molar-refractivity contribution is 5.94. The number of ether oxygens (including phenoxy) is 1. The van der Waals surface area contributed by atoms with Crippen molar-refractivity contribution in [3.63, 3.8) is 0 Å². The Bertz CT molecular complexity index is 396. The molecular formula is C16H23NO2. The first-order valence-electron chi connectivity index (χ1n) is 7.33. The molecule has 1 N–H and O–H groups in total. The minimum Gasteiger partial charge on any atom is -0.494 e. The van der Waals surface area contributed by atoms with Gasteiger partial charge in [-0.2, -0.15) is 0 Å². The van der Waals surface area contributed by atoms with E-state index in [1.165, 1.54) is 19.3 Å². The number of amides is 1. The van der Waals surface area contributed by atoms with Gasteiger partial charge in [0.05, 0.1) is 6.61 Å². The van der Waals surface area contributed by atoms with Crippen LogP contribution in [0.4, 0.5) is 5.69 Å². The number of nitrogens with one attached hydrogen (secondary N) is 1. The van der Waals surface area contributed by atoms with Gasteiger partial charge in [0.1, 0.15) is 5.75 Å². The summed E-state index contributed by atoms with van der Waals surface area (Å²) in [5.74, 6) is 1.27. The molecule has 1 aliphatic carbocycles. The summed E-state index contributed by atoms with van der Waals surface area (Å²) in [5.41, 5.74) is 0.857. The van der Waals surface area contributed by atoms with Crippen molar-refractivity contribution in [2.24, 2.45) is 5.92 Å². The summed E-state index contributed by atoms with van der Waals surface area (Å²) in [7, 11) is 0. The van der Waals surface area contributed by atoms with Crippen LogP contribution in [0.15, 0.2) is 24.3 Å². The lowest BCUT2D eigenvalue weighted by atomic mass is 10.2. The predicted molar refractivity (Wildman–Crippen MR) is 77.4 cm³/mol. The standard InChI is InChI=1S/C16H23NO2/c1-2-3-4-5-12-19-15-10-8-14(9-11-15)17-16(18)13-6-7-13/h8-11,13H,2-7,12H2,1H3,(H,17,18). The molecule has 0 saturated heterocycles. The maximum atomic E-state index is 11.6. The Balaban J connectivity index is 1.70. The summed E-state index contributed by atoms with van der Waals surface area (Å²) in [6, 6.07) is 7.65. The maximum Gasteiger partial charge on any atom is 0.227 e. The van der Waals surface area contributed by atoms with Crippen LogP contribution < -0.4 is 10.1 Å². The van der Waals surface area contributed by atoms with Gasteiger partial charge in [-0.05, 0) is 43.5 Å². The molecule has 19 heavy (non-hydrogen) atoms. The van der Waals surface area contributed by atoms with Crippen LogP contribution >= 0.6 is 0 Å². The van der Waals surface area contributed by atoms with E-state index in [4.69, 9.17) is 4.74 Å². The van der Waals surface area contributed by atoms with Crippen LogP contribution in [0.5, 0.6) is 5.75 Å². The van der Waals surface area contributed by atoms with E-state index >= 15 is 0 Å². The van der Waals surface area contributed by atoms with E-state index in [0.29, 0.717) is 0 Å². The number of rotatable bonds is 8. The highest BCUT2D eigenvalue weighted by atomic mass is 16.5. The second-order valence-corrected chi connectivity index (χ2v) is 5.20. The molecular weight excluding hydrogens is 238 g/mol. The number of unbranched alkanes of at least 4 members (excludes halogenated alkanes) is 3. The number of carbonyl (C=O) groups excluding carboxylic acids is 1. The lowest BCUT2D eigenvalue weighted by Crippen LogP contribution is -2.13. The molecule has 0 atom stereocenters. The van der Waals surface area contributed by atoms with Gasteiger partial charge in [-0.15, -0.1) is 0 Å². The lowest BCUT2D eigenvalue weighted by Gasteiger charge is -2.08. The van der Waals surface area contributed by atoms with Crippen LogP contribution in [0.1, 0.15) is 45.4 Å². The Morgan fingerprint density at radius 1 is 1.21 bits per heavy atom. The zero-order chi connectivity index (χ0) is 13.5. The first kappa shape index (κ1) is 13.9. The summed E-state index contributed by atoms with van der Waals surface area (Å²) < 4.78 is 5.66. The fourth-order valence-corrected chi connectivity index (χ4v) is 1.94. The zero-order valence-electron chi connectivity index (χ0n) is 11.7. The Labute approximate surface area is 115 Å². The lowest BCUT2D eigenvalue weighted by molar-refractivity contribution is -0.117. The Morgan fingerprint density at radius 2 is 1.95 bits per heavy atom. The third-order valence-corrected chi connectivity index (χ3v) is 3.34. The van der Waals surface area contributed by atoms with Crippen LogP contribution in [0.25, 0.3) is 0 Å². The van der Waals surface area contributed by atoms with Gasteiger partial charge in [0, 0.05) is 11.6 Å². The summed E-state index contributed by atoms with van der Waals surface area (Å²) in [4.78, 5) is 11.6. The molecule has 3 nitrogen and oxygen atoms in total. The molecule has 0 aromatic heterocycles. The zero-order valence-corrected chi connectivity index (χ0v) is 11.7. The topological polar surface area (TPSA) is 38.3 Å². The Kier molecular flexibility index (Phi) is 5.25. The normalized spacial score (nSPS) is 14.2. The maximum absolute atomic E-state index is 11.6. The minimum atomic E-state index is 0.147. The molecule has 1 amide bonds. The fourth-order valence-electron chi connectivity index (χ4n) is 1.94. The second kappa shape index (κ2) is 7.17. The molecule has 0 bridgehead atoms. The average molecular weight is 261 g/mol. The summed E-state index contributed by atoms with van der Waals surface area (Å²) in [6.07, 6.45) is 6.92. The van der Waals surface area contributed by atoms with Crippen molar-refractivity contribution in [2.45, 2.75) is 45.4 Å². The molecule has 0 radical (unpaired) electrons. The molecule has 1 fully saturated rings. The van der Waals surface area contributed by atoms with Crippen molar-refractivity contribution in [1.29, 1.82) is 0 Å². The molecule has 3 heteroatoms. The smallest absolute Gasteiger partial charge is 0.227 e. The van der Waals surface area contributed by atoms with E-state index < -0.39 is 0 Å².